The van der Waals surface area contributed by atoms with Crippen LogP contribution in [0.15, 0.2) is 0 Å². The fraction of sp³-hybridized carbons (Fsp3) is 0.875. The molecule has 0 aromatic heterocycles. The fourth-order valence-corrected chi connectivity index (χ4v) is 1.61. The van der Waals surface area contributed by atoms with Gasteiger partial charge in [0, 0.05) is 6.42 Å². The van der Waals surface area contributed by atoms with E-state index in [1.807, 2.05) is 0 Å². The standard InChI is InChI=1S/C8H15NO2/c9-6-8(3-1-4-8)5-2-7(10)11/h1-6,9H2,(H,10,11). The highest BCUT2D eigenvalue weighted by molar-refractivity contribution is 5.66. The van der Waals surface area contributed by atoms with Crippen molar-refractivity contribution in [2.45, 2.75) is 32.1 Å². The maximum Gasteiger partial charge on any atom is 0.303 e. The van der Waals surface area contributed by atoms with Gasteiger partial charge in [-0.3, -0.25) is 4.79 Å². The zero-order valence-electron chi connectivity index (χ0n) is 6.68. The smallest absolute Gasteiger partial charge is 0.303 e. The van der Waals surface area contributed by atoms with Crippen LogP contribution in [-0.4, -0.2) is 17.6 Å². The molecule has 3 N–H and O–H groups in total. The monoisotopic (exact) mass is 157 g/mol. The number of aliphatic carboxylic acids is 1. The van der Waals surface area contributed by atoms with E-state index in [9.17, 15) is 4.79 Å². The lowest BCUT2D eigenvalue weighted by molar-refractivity contribution is -0.138. The number of nitrogens with two attached hydrogens (primary N) is 1. The lowest BCUT2D eigenvalue weighted by Gasteiger charge is -2.40. The van der Waals surface area contributed by atoms with Gasteiger partial charge in [0.15, 0.2) is 0 Å². The van der Waals surface area contributed by atoms with Crippen LogP contribution in [0.3, 0.4) is 0 Å². The normalized spacial score (nSPS) is 20.8. The molecule has 0 aromatic rings. The lowest BCUT2D eigenvalue weighted by Crippen LogP contribution is -2.37. The van der Waals surface area contributed by atoms with Crippen LogP contribution < -0.4 is 5.73 Å². The van der Waals surface area contributed by atoms with E-state index in [0.717, 1.165) is 19.3 Å². The number of rotatable bonds is 4. The first-order valence-electron chi connectivity index (χ1n) is 4.10. The van der Waals surface area contributed by atoms with E-state index in [-0.39, 0.29) is 11.8 Å². The minimum Gasteiger partial charge on any atom is -0.481 e. The minimum atomic E-state index is -0.704. The maximum atomic E-state index is 10.3. The predicted molar refractivity (Wildman–Crippen MR) is 42.2 cm³/mol. The van der Waals surface area contributed by atoms with Gasteiger partial charge in [0.2, 0.25) is 0 Å². The second-order valence-corrected chi connectivity index (χ2v) is 3.45. The number of carboxylic acid groups (broad SMARTS) is 1. The third-order valence-corrected chi connectivity index (χ3v) is 2.72. The third-order valence-electron chi connectivity index (χ3n) is 2.72. The van der Waals surface area contributed by atoms with Crippen LogP contribution in [-0.2, 0) is 4.79 Å². The molecule has 0 amide bonds. The van der Waals surface area contributed by atoms with Crippen molar-refractivity contribution in [3.8, 4) is 0 Å². The van der Waals surface area contributed by atoms with Crippen LogP contribution in [0.4, 0.5) is 0 Å². The molecule has 0 unspecified atom stereocenters. The Morgan fingerprint density at radius 1 is 1.55 bits per heavy atom. The van der Waals surface area contributed by atoms with E-state index in [1.54, 1.807) is 0 Å². The Labute approximate surface area is 66.6 Å². The van der Waals surface area contributed by atoms with Crippen molar-refractivity contribution in [3.63, 3.8) is 0 Å². The van der Waals surface area contributed by atoms with Gasteiger partial charge in [-0.2, -0.15) is 0 Å². The first kappa shape index (κ1) is 8.53. The van der Waals surface area contributed by atoms with Crippen molar-refractivity contribution in [2.75, 3.05) is 6.54 Å². The van der Waals surface area contributed by atoms with Gasteiger partial charge in [-0.25, -0.2) is 0 Å². The summed E-state index contributed by atoms with van der Waals surface area (Å²) in [5.74, 6) is -0.704. The average molecular weight is 157 g/mol. The van der Waals surface area contributed by atoms with E-state index in [0.29, 0.717) is 6.54 Å². The van der Waals surface area contributed by atoms with Gasteiger partial charge in [-0.15, -0.1) is 0 Å². The van der Waals surface area contributed by atoms with Crippen molar-refractivity contribution >= 4 is 5.97 Å². The summed E-state index contributed by atoms with van der Waals surface area (Å²) < 4.78 is 0. The molecule has 0 spiro atoms. The van der Waals surface area contributed by atoms with Crippen LogP contribution in [0.1, 0.15) is 32.1 Å². The van der Waals surface area contributed by atoms with Crippen LogP contribution in [0.25, 0.3) is 0 Å². The summed E-state index contributed by atoms with van der Waals surface area (Å²) in [6.07, 6.45) is 4.50. The SMILES string of the molecule is NCC1(CCC(=O)O)CCC1. The van der Waals surface area contributed by atoms with Gasteiger partial charge in [-0.1, -0.05) is 6.42 Å². The number of hydrogen-bond acceptors (Lipinski definition) is 2. The van der Waals surface area contributed by atoms with E-state index in [4.69, 9.17) is 10.8 Å². The van der Waals surface area contributed by atoms with Gasteiger partial charge in [-0.05, 0) is 31.2 Å². The van der Waals surface area contributed by atoms with E-state index >= 15 is 0 Å². The number of carboxylic acids is 1. The van der Waals surface area contributed by atoms with E-state index < -0.39 is 5.97 Å². The van der Waals surface area contributed by atoms with Crippen molar-refractivity contribution in [3.05, 3.63) is 0 Å². The molecule has 0 atom stereocenters. The molecular formula is C8H15NO2. The molecule has 0 radical (unpaired) electrons. The summed E-state index contributed by atoms with van der Waals surface area (Å²) in [5, 5.41) is 8.45. The molecule has 0 heterocycles. The van der Waals surface area contributed by atoms with Crippen LogP contribution >= 0.6 is 0 Å². The van der Waals surface area contributed by atoms with E-state index in [1.165, 1.54) is 6.42 Å². The summed E-state index contributed by atoms with van der Waals surface area (Å²) in [4.78, 5) is 10.3. The molecule has 64 valence electrons. The lowest BCUT2D eigenvalue weighted by atomic mass is 9.66. The summed E-state index contributed by atoms with van der Waals surface area (Å²) in [6.45, 7) is 0.653. The van der Waals surface area contributed by atoms with Crippen LogP contribution in [0.5, 0.6) is 0 Å². The van der Waals surface area contributed by atoms with Gasteiger partial charge in [0.25, 0.3) is 0 Å². The minimum absolute atomic E-state index is 0.193. The highest BCUT2D eigenvalue weighted by Crippen LogP contribution is 2.43. The summed E-state index contributed by atoms with van der Waals surface area (Å²) in [7, 11) is 0. The molecule has 1 aliphatic rings. The molecule has 1 saturated carbocycles. The van der Waals surface area contributed by atoms with Crippen LogP contribution in [0, 0.1) is 5.41 Å². The van der Waals surface area contributed by atoms with Crippen LogP contribution in [0.2, 0.25) is 0 Å². The molecule has 3 nitrogen and oxygen atoms in total. The van der Waals surface area contributed by atoms with Crippen molar-refractivity contribution in [1.29, 1.82) is 0 Å². The Hall–Kier alpha value is -0.570. The second kappa shape index (κ2) is 3.22. The Balaban J connectivity index is 2.27. The molecule has 0 bridgehead atoms. The Bertz CT molecular complexity index is 147. The first-order chi connectivity index (χ1) is 5.18. The largest absolute Gasteiger partial charge is 0.481 e. The second-order valence-electron chi connectivity index (χ2n) is 3.45. The van der Waals surface area contributed by atoms with Crippen molar-refractivity contribution in [2.24, 2.45) is 11.1 Å². The molecule has 0 aliphatic heterocycles. The summed E-state index contributed by atoms with van der Waals surface area (Å²) in [6, 6.07) is 0. The molecule has 11 heavy (non-hydrogen) atoms. The van der Waals surface area contributed by atoms with Gasteiger partial charge >= 0.3 is 5.97 Å². The quantitative estimate of drug-likeness (QED) is 0.639. The zero-order valence-corrected chi connectivity index (χ0v) is 6.68. The van der Waals surface area contributed by atoms with Crippen molar-refractivity contribution < 1.29 is 9.90 Å². The van der Waals surface area contributed by atoms with Gasteiger partial charge in [0.1, 0.15) is 0 Å². The number of carbonyl (C=O) groups is 1. The third kappa shape index (κ3) is 1.93. The van der Waals surface area contributed by atoms with E-state index in [2.05, 4.69) is 0 Å². The molecule has 1 fully saturated rings. The summed E-state index contributed by atoms with van der Waals surface area (Å²) in [5.41, 5.74) is 5.75. The Morgan fingerprint density at radius 2 is 2.18 bits per heavy atom. The summed E-state index contributed by atoms with van der Waals surface area (Å²) >= 11 is 0. The molecule has 0 saturated heterocycles. The van der Waals surface area contributed by atoms with Gasteiger partial charge < -0.3 is 10.8 Å². The van der Waals surface area contributed by atoms with Gasteiger partial charge in [0.05, 0.1) is 0 Å². The molecular weight excluding hydrogens is 142 g/mol. The zero-order chi connectivity index (χ0) is 8.32. The topological polar surface area (TPSA) is 63.3 Å². The number of hydrogen-bond donors (Lipinski definition) is 2. The molecule has 1 aliphatic carbocycles. The highest BCUT2D eigenvalue weighted by atomic mass is 16.4. The molecule has 0 aromatic carbocycles. The maximum absolute atomic E-state index is 10.3. The Kier molecular flexibility index (Phi) is 2.49. The molecule has 3 heteroatoms. The van der Waals surface area contributed by atoms with Crippen molar-refractivity contribution in [1.82, 2.24) is 0 Å². The Morgan fingerprint density at radius 3 is 2.45 bits per heavy atom. The predicted octanol–water partition coefficient (Wildman–Crippen LogP) is 0.980. The first-order valence-corrected chi connectivity index (χ1v) is 4.10. The average Bonchev–Trinajstić information content (AvgIpc) is 1.86. The highest BCUT2D eigenvalue weighted by Gasteiger charge is 2.35. The molecule has 1 rings (SSSR count). The fourth-order valence-electron chi connectivity index (χ4n) is 1.61.